The lowest BCUT2D eigenvalue weighted by Crippen LogP contribution is -2.49. The number of aryl methyl sites for hydroxylation is 2. The minimum absolute atomic E-state index is 0.00765. The summed E-state index contributed by atoms with van der Waals surface area (Å²) in [7, 11) is 1.46. The Hall–Kier alpha value is -3.46. The van der Waals surface area contributed by atoms with Gasteiger partial charge in [0.2, 0.25) is 0 Å². The minimum Gasteiger partial charge on any atom is -0.381 e. The van der Waals surface area contributed by atoms with Gasteiger partial charge in [-0.25, -0.2) is 9.78 Å². The monoisotopic (exact) mass is 437 g/mol. The lowest BCUT2D eigenvalue weighted by atomic mass is 9.90. The van der Waals surface area contributed by atoms with E-state index in [9.17, 15) is 14.4 Å². The molecule has 0 aliphatic carbocycles. The molecule has 1 aromatic carbocycles. The van der Waals surface area contributed by atoms with E-state index in [4.69, 9.17) is 4.74 Å². The lowest BCUT2D eigenvalue weighted by molar-refractivity contribution is -0.126. The molecule has 2 fully saturated rings. The number of pyridine rings is 1. The fourth-order valence-electron chi connectivity index (χ4n) is 4.34. The Morgan fingerprint density at radius 1 is 1.12 bits per heavy atom. The highest BCUT2D eigenvalue weighted by Gasteiger charge is 2.48. The molecule has 0 bridgehead atoms. The SMILES string of the molecule is COC[C@@]1(c2ccc(C(=O)N3CCN(c4ncc(C)cc4C)CC3)cc2)NC(=O)NC1=O. The van der Waals surface area contributed by atoms with Gasteiger partial charge in [-0.1, -0.05) is 18.2 Å². The number of nitrogens with zero attached hydrogens (tertiary/aromatic N) is 3. The first-order chi connectivity index (χ1) is 15.3. The van der Waals surface area contributed by atoms with Crippen molar-refractivity contribution in [2.24, 2.45) is 0 Å². The first-order valence-corrected chi connectivity index (χ1v) is 10.5. The number of methoxy groups -OCH3 is 1. The summed E-state index contributed by atoms with van der Waals surface area (Å²) in [5, 5.41) is 4.89. The molecule has 9 nitrogen and oxygen atoms in total. The number of carbonyl (C=O) groups excluding carboxylic acids is 3. The highest BCUT2D eigenvalue weighted by molar-refractivity contribution is 6.07. The van der Waals surface area contributed by atoms with Crippen LogP contribution in [0.2, 0.25) is 0 Å². The normalized spacial score (nSPS) is 20.8. The van der Waals surface area contributed by atoms with Gasteiger partial charge < -0.3 is 19.9 Å². The Morgan fingerprint density at radius 2 is 1.81 bits per heavy atom. The maximum Gasteiger partial charge on any atom is 0.322 e. The molecule has 1 atom stereocenters. The summed E-state index contributed by atoms with van der Waals surface area (Å²) in [6.07, 6.45) is 1.87. The van der Waals surface area contributed by atoms with Crippen LogP contribution < -0.4 is 15.5 Å². The summed E-state index contributed by atoms with van der Waals surface area (Å²) in [6, 6.07) is 8.30. The number of urea groups is 1. The number of rotatable bonds is 5. The molecule has 0 unspecified atom stereocenters. The molecule has 4 rings (SSSR count). The van der Waals surface area contributed by atoms with Crippen molar-refractivity contribution in [1.29, 1.82) is 0 Å². The number of imide groups is 1. The first-order valence-electron chi connectivity index (χ1n) is 10.5. The largest absolute Gasteiger partial charge is 0.381 e. The highest BCUT2D eigenvalue weighted by Crippen LogP contribution is 2.26. The van der Waals surface area contributed by atoms with E-state index in [0.717, 1.165) is 16.9 Å². The van der Waals surface area contributed by atoms with Crippen LogP contribution in [0.4, 0.5) is 10.6 Å². The van der Waals surface area contributed by atoms with Gasteiger partial charge in [-0.3, -0.25) is 14.9 Å². The quantitative estimate of drug-likeness (QED) is 0.685. The first kappa shape index (κ1) is 21.8. The molecular weight excluding hydrogens is 410 g/mol. The molecule has 3 heterocycles. The van der Waals surface area contributed by atoms with Gasteiger partial charge in [-0.15, -0.1) is 0 Å². The molecule has 2 aliphatic heterocycles. The Labute approximate surface area is 186 Å². The van der Waals surface area contributed by atoms with Gasteiger partial charge in [-0.2, -0.15) is 0 Å². The predicted molar refractivity (Wildman–Crippen MR) is 118 cm³/mol. The topological polar surface area (TPSA) is 104 Å². The van der Waals surface area contributed by atoms with Crippen LogP contribution in [-0.4, -0.2) is 67.6 Å². The number of nitrogens with one attached hydrogen (secondary N) is 2. The zero-order valence-electron chi connectivity index (χ0n) is 18.5. The molecule has 2 saturated heterocycles. The number of hydrogen-bond acceptors (Lipinski definition) is 6. The van der Waals surface area contributed by atoms with Crippen molar-refractivity contribution < 1.29 is 19.1 Å². The van der Waals surface area contributed by atoms with Gasteiger partial charge >= 0.3 is 6.03 Å². The maximum absolute atomic E-state index is 13.0. The molecule has 0 radical (unpaired) electrons. The van der Waals surface area contributed by atoms with E-state index in [1.165, 1.54) is 7.11 Å². The van der Waals surface area contributed by atoms with Crippen LogP contribution >= 0.6 is 0 Å². The molecule has 9 heteroatoms. The number of hydrogen-bond donors (Lipinski definition) is 2. The van der Waals surface area contributed by atoms with Crippen LogP contribution in [0, 0.1) is 13.8 Å². The van der Waals surface area contributed by atoms with E-state index >= 15 is 0 Å². The van der Waals surface area contributed by atoms with Crippen LogP contribution in [0.1, 0.15) is 27.0 Å². The summed E-state index contributed by atoms with van der Waals surface area (Å²) in [5.74, 6) is 0.428. The number of ether oxygens (including phenoxy) is 1. The zero-order chi connectivity index (χ0) is 22.9. The number of anilines is 1. The van der Waals surface area contributed by atoms with Crippen molar-refractivity contribution >= 4 is 23.7 Å². The third kappa shape index (κ3) is 3.91. The van der Waals surface area contributed by atoms with E-state index in [1.807, 2.05) is 18.0 Å². The molecule has 168 valence electrons. The third-order valence-electron chi connectivity index (χ3n) is 5.98. The van der Waals surface area contributed by atoms with Crippen LogP contribution in [0.25, 0.3) is 0 Å². The Bertz CT molecular complexity index is 1050. The summed E-state index contributed by atoms with van der Waals surface area (Å²) in [6.45, 7) is 6.69. The number of carbonyl (C=O) groups is 3. The molecule has 2 aromatic rings. The second kappa shape index (κ2) is 8.58. The smallest absolute Gasteiger partial charge is 0.322 e. The molecule has 2 N–H and O–H groups in total. The lowest BCUT2D eigenvalue weighted by Gasteiger charge is -2.36. The summed E-state index contributed by atoms with van der Waals surface area (Å²) in [5.41, 5.74) is 2.06. The van der Waals surface area contributed by atoms with Crippen molar-refractivity contribution in [3.63, 3.8) is 0 Å². The van der Waals surface area contributed by atoms with Crippen molar-refractivity contribution in [2.75, 3.05) is 44.8 Å². The Morgan fingerprint density at radius 3 is 2.38 bits per heavy atom. The average Bonchev–Trinajstić information content (AvgIpc) is 3.07. The van der Waals surface area contributed by atoms with Gasteiger partial charge in [-0.05, 0) is 42.7 Å². The van der Waals surface area contributed by atoms with Crippen LogP contribution in [0.3, 0.4) is 0 Å². The second-order valence-electron chi connectivity index (χ2n) is 8.26. The number of benzene rings is 1. The van der Waals surface area contributed by atoms with Gasteiger partial charge in [0.15, 0.2) is 5.54 Å². The van der Waals surface area contributed by atoms with E-state index < -0.39 is 17.5 Å². The second-order valence-corrected chi connectivity index (χ2v) is 8.26. The van der Waals surface area contributed by atoms with Crippen LogP contribution in [0.15, 0.2) is 36.5 Å². The number of amides is 4. The third-order valence-corrected chi connectivity index (χ3v) is 5.98. The molecule has 32 heavy (non-hydrogen) atoms. The fraction of sp³-hybridized carbons (Fsp3) is 0.391. The predicted octanol–water partition coefficient (Wildman–Crippen LogP) is 1.34. The summed E-state index contributed by atoms with van der Waals surface area (Å²) >= 11 is 0. The summed E-state index contributed by atoms with van der Waals surface area (Å²) in [4.78, 5) is 45.7. The van der Waals surface area contributed by atoms with Crippen LogP contribution in [0.5, 0.6) is 0 Å². The van der Waals surface area contributed by atoms with Gasteiger partial charge in [0.05, 0.1) is 6.61 Å². The Kier molecular flexibility index (Phi) is 5.84. The zero-order valence-corrected chi connectivity index (χ0v) is 18.5. The number of aromatic nitrogens is 1. The fourth-order valence-corrected chi connectivity index (χ4v) is 4.34. The standard InChI is InChI=1S/C23H27N5O4/c1-15-12-16(2)19(24-13-15)27-8-10-28(11-9-27)20(29)17-4-6-18(7-5-17)23(14-32-3)21(30)25-22(31)26-23/h4-7,12-13H,8-11,14H2,1-3H3,(H2,25,26,30,31)/t23-/m0/s1. The molecule has 2 aliphatic rings. The van der Waals surface area contributed by atoms with E-state index in [0.29, 0.717) is 37.3 Å². The molecule has 0 spiro atoms. The average molecular weight is 438 g/mol. The van der Waals surface area contributed by atoms with Crippen molar-refractivity contribution in [3.05, 3.63) is 58.8 Å². The van der Waals surface area contributed by atoms with E-state index in [-0.39, 0.29) is 12.5 Å². The van der Waals surface area contributed by atoms with Gasteiger partial charge in [0.1, 0.15) is 5.82 Å². The van der Waals surface area contributed by atoms with Crippen LogP contribution in [-0.2, 0) is 15.1 Å². The van der Waals surface area contributed by atoms with Crippen molar-refractivity contribution in [1.82, 2.24) is 20.5 Å². The minimum atomic E-state index is -1.29. The van der Waals surface area contributed by atoms with Crippen molar-refractivity contribution in [3.8, 4) is 0 Å². The highest BCUT2D eigenvalue weighted by atomic mass is 16.5. The molecule has 4 amide bonds. The Balaban J connectivity index is 1.44. The number of piperazine rings is 1. The summed E-state index contributed by atoms with van der Waals surface area (Å²) < 4.78 is 5.18. The molecule has 1 aromatic heterocycles. The van der Waals surface area contributed by atoms with Gasteiger partial charge in [0.25, 0.3) is 11.8 Å². The van der Waals surface area contributed by atoms with E-state index in [2.05, 4.69) is 33.5 Å². The maximum atomic E-state index is 13.0. The van der Waals surface area contributed by atoms with Gasteiger partial charge in [0, 0.05) is 45.0 Å². The van der Waals surface area contributed by atoms with E-state index in [1.54, 1.807) is 24.3 Å². The molecule has 0 saturated carbocycles. The molecular formula is C23H27N5O4. The van der Waals surface area contributed by atoms with Crippen molar-refractivity contribution in [2.45, 2.75) is 19.4 Å².